The maximum Gasteiger partial charge on any atom is 0.234 e. The highest BCUT2D eigenvalue weighted by Crippen LogP contribution is 2.39. The fraction of sp³-hybridized carbons (Fsp3) is 0. The summed E-state index contributed by atoms with van der Waals surface area (Å²) < 4.78 is 0. The van der Waals surface area contributed by atoms with Crippen LogP contribution in [0.25, 0.3) is 21.9 Å². The number of anilines is 3. The van der Waals surface area contributed by atoms with Gasteiger partial charge in [-0.15, -0.1) is 0 Å². The van der Waals surface area contributed by atoms with Gasteiger partial charge in [-0.3, -0.25) is 9.59 Å². The van der Waals surface area contributed by atoms with E-state index in [-0.39, 0.29) is 0 Å². The number of Topliss-reactive ketones (excluding diaryl/α,β-unsaturated/α-hetero) is 2. The minimum absolute atomic E-state index is 0.418. The lowest BCUT2D eigenvalue weighted by Gasteiger charge is -2.25. The lowest BCUT2D eigenvalue weighted by atomic mass is 9.94. The van der Waals surface area contributed by atoms with Gasteiger partial charge in [0.1, 0.15) is 0 Å². The normalized spacial score (nSPS) is 12.4. The zero-order chi connectivity index (χ0) is 22.4. The van der Waals surface area contributed by atoms with Gasteiger partial charge in [0, 0.05) is 33.6 Å². The van der Waals surface area contributed by atoms with Crippen molar-refractivity contribution in [3.63, 3.8) is 0 Å². The molecule has 0 heterocycles. The monoisotopic (exact) mass is 425 g/mol. The molecule has 0 bridgehead atoms. The molecular weight excluding hydrogens is 406 g/mol. The van der Waals surface area contributed by atoms with Crippen molar-refractivity contribution in [2.45, 2.75) is 0 Å². The van der Waals surface area contributed by atoms with Gasteiger partial charge in [-0.25, -0.2) is 0 Å². The third kappa shape index (κ3) is 3.06. The van der Waals surface area contributed by atoms with Gasteiger partial charge >= 0.3 is 0 Å². The molecule has 0 fully saturated rings. The number of nitrogens with zero attached hydrogens (tertiary/aromatic N) is 1. The van der Waals surface area contributed by atoms with E-state index in [0.29, 0.717) is 11.1 Å². The summed E-state index contributed by atoms with van der Waals surface area (Å²) in [5.41, 5.74) is 5.86. The Morgan fingerprint density at radius 3 is 1.70 bits per heavy atom. The Labute approximate surface area is 191 Å². The molecule has 0 saturated carbocycles. The fourth-order valence-corrected chi connectivity index (χ4v) is 4.67. The Kier molecular flexibility index (Phi) is 4.41. The molecule has 0 unspecified atom stereocenters. The molecule has 0 radical (unpaired) electrons. The Morgan fingerprint density at radius 2 is 1.06 bits per heavy atom. The van der Waals surface area contributed by atoms with Crippen LogP contribution in [0.2, 0.25) is 0 Å². The van der Waals surface area contributed by atoms with Crippen LogP contribution in [0.5, 0.6) is 0 Å². The first-order chi connectivity index (χ1) is 16.2. The average molecular weight is 425 g/mol. The molecule has 3 nitrogen and oxygen atoms in total. The first kappa shape index (κ1) is 19.2. The summed E-state index contributed by atoms with van der Waals surface area (Å²) in [6, 6.07) is 38.0. The van der Waals surface area contributed by atoms with Crippen LogP contribution in [0.4, 0.5) is 17.1 Å². The number of ketones is 2. The van der Waals surface area contributed by atoms with E-state index in [2.05, 4.69) is 41.3 Å². The summed E-state index contributed by atoms with van der Waals surface area (Å²) in [5.74, 6) is -0.838. The highest BCUT2D eigenvalue weighted by molar-refractivity contribution is 6.58. The highest BCUT2D eigenvalue weighted by Gasteiger charge is 2.33. The summed E-state index contributed by atoms with van der Waals surface area (Å²) in [7, 11) is 0. The summed E-state index contributed by atoms with van der Waals surface area (Å²) in [5, 5.41) is 1.69. The quantitative estimate of drug-likeness (QED) is 0.282. The lowest BCUT2D eigenvalue weighted by molar-refractivity contribution is 0.0825. The van der Waals surface area contributed by atoms with Crippen LogP contribution in [0.1, 0.15) is 20.7 Å². The number of hydrogen-bond acceptors (Lipinski definition) is 3. The molecule has 5 aromatic carbocycles. The van der Waals surface area contributed by atoms with E-state index < -0.39 is 11.6 Å². The van der Waals surface area contributed by atoms with Gasteiger partial charge in [0.2, 0.25) is 11.6 Å². The molecule has 1 aliphatic rings. The molecular formula is C30H19NO2. The number of rotatable bonds is 4. The first-order valence-corrected chi connectivity index (χ1v) is 10.9. The average Bonchev–Trinajstić information content (AvgIpc) is 3.13. The third-order valence-corrected chi connectivity index (χ3v) is 6.19. The van der Waals surface area contributed by atoms with E-state index in [1.807, 2.05) is 72.8 Å². The van der Waals surface area contributed by atoms with Crippen LogP contribution in [0, 0.1) is 0 Å². The van der Waals surface area contributed by atoms with Gasteiger partial charge in [-0.1, -0.05) is 78.9 Å². The summed E-state index contributed by atoms with van der Waals surface area (Å²) in [6.07, 6.45) is 0. The van der Waals surface area contributed by atoms with E-state index in [1.54, 1.807) is 6.07 Å². The zero-order valence-electron chi connectivity index (χ0n) is 17.7. The number of para-hydroxylation sites is 2. The number of carbonyl (C=O) groups excluding carboxylic acids is 2. The predicted octanol–water partition coefficient (Wildman–Crippen LogP) is 7.36. The molecule has 0 atom stereocenters. The molecule has 0 saturated heterocycles. The zero-order valence-corrected chi connectivity index (χ0v) is 17.7. The van der Waals surface area contributed by atoms with Crippen molar-refractivity contribution in [1.82, 2.24) is 0 Å². The number of hydrogen-bond donors (Lipinski definition) is 0. The molecule has 156 valence electrons. The molecule has 0 amide bonds. The van der Waals surface area contributed by atoms with E-state index >= 15 is 0 Å². The highest BCUT2D eigenvalue weighted by atomic mass is 16.2. The summed E-state index contributed by atoms with van der Waals surface area (Å²) in [6.45, 7) is 0. The Bertz CT molecular complexity index is 1480. The van der Waals surface area contributed by atoms with Crippen molar-refractivity contribution in [3.05, 3.63) is 126 Å². The number of benzene rings is 5. The first-order valence-electron chi connectivity index (χ1n) is 10.9. The van der Waals surface area contributed by atoms with Crippen molar-refractivity contribution in [3.8, 4) is 11.1 Å². The van der Waals surface area contributed by atoms with Crippen molar-refractivity contribution < 1.29 is 9.59 Å². The van der Waals surface area contributed by atoms with Gasteiger partial charge in [0.05, 0.1) is 0 Å². The minimum Gasteiger partial charge on any atom is -0.311 e. The second-order valence-electron chi connectivity index (χ2n) is 8.10. The Hall–Kier alpha value is -4.50. The summed E-state index contributed by atoms with van der Waals surface area (Å²) in [4.78, 5) is 27.6. The second kappa shape index (κ2) is 7.57. The van der Waals surface area contributed by atoms with Crippen LogP contribution < -0.4 is 4.90 Å². The van der Waals surface area contributed by atoms with Crippen molar-refractivity contribution >= 4 is 39.4 Å². The second-order valence-corrected chi connectivity index (χ2v) is 8.10. The molecule has 0 N–H and O–H groups in total. The smallest absolute Gasteiger partial charge is 0.234 e. The van der Waals surface area contributed by atoms with Gasteiger partial charge in [0.25, 0.3) is 0 Å². The van der Waals surface area contributed by atoms with Crippen LogP contribution in [-0.4, -0.2) is 11.6 Å². The van der Waals surface area contributed by atoms with E-state index in [9.17, 15) is 9.59 Å². The molecule has 0 aliphatic heterocycles. The Morgan fingerprint density at radius 1 is 0.455 bits per heavy atom. The van der Waals surface area contributed by atoms with E-state index in [1.165, 1.54) is 0 Å². The topological polar surface area (TPSA) is 37.4 Å². The minimum atomic E-state index is -0.420. The molecule has 6 rings (SSSR count). The largest absolute Gasteiger partial charge is 0.311 e. The standard InChI is InChI=1S/C30H19NO2/c32-29-26-13-7-8-21-16-19-25(28(27(21)26)30(29)33)20-14-17-24(18-15-20)31(22-9-3-1-4-10-22)23-11-5-2-6-12-23/h1-19H. The predicted molar refractivity (Wildman–Crippen MR) is 133 cm³/mol. The van der Waals surface area contributed by atoms with Crippen molar-refractivity contribution in [2.24, 2.45) is 0 Å². The van der Waals surface area contributed by atoms with Crippen molar-refractivity contribution in [2.75, 3.05) is 4.90 Å². The fourth-order valence-electron chi connectivity index (χ4n) is 4.67. The van der Waals surface area contributed by atoms with Gasteiger partial charge in [-0.05, 0) is 52.9 Å². The van der Waals surface area contributed by atoms with Crippen LogP contribution in [0.3, 0.4) is 0 Å². The maximum absolute atomic E-state index is 12.9. The summed E-state index contributed by atoms with van der Waals surface area (Å²) >= 11 is 0. The molecule has 0 aromatic heterocycles. The van der Waals surface area contributed by atoms with Crippen LogP contribution in [-0.2, 0) is 0 Å². The molecule has 33 heavy (non-hydrogen) atoms. The van der Waals surface area contributed by atoms with E-state index in [4.69, 9.17) is 0 Å². The molecule has 0 spiro atoms. The number of carbonyl (C=O) groups is 2. The van der Waals surface area contributed by atoms with Gasteiger partial charge < -0.3 is 4.90 Å². The van der Waals surface area contributed by atoms with Crippen LogP contribution in [0.15, 0.2) is 115 Å². The van der Waals surface area contributed by atoms with Gasteiger partial charge in [0.15, 0.2) is 0 Å². The Balaban J connectivity index is 1.47. The van der Waals surface area contributed by atoms with E-state index in [0.717, 1.165) is 39.0 Å². The third-order valence-electron chi connectivity index (χ3n) is 6.19. The SMILES string of the molecule is O=C1C(=O)c2c(-c3ccc(N(c4ccccc4)c4ccccc4)cc3)ccc3cccc1c23. The van der Waals surface area contributed by atoms with Gasteiger partial charge in [-0.2, -0.15) is 0 Å². The molecule has 3 heteroatoms. The molecule has 1 aliphatic carbocycles. The van der Waals surface area contributed by atoms with Crippen LogP contribution >= 0.6 is 0 Å². The lowest BCUT2D eigenvalue weighted by Crippen LogP contribution is -2.09. The maximum atomic E-state index is 12.9. The van der Waals surface area contributed by atoms with Crippen molar-refractivity contribution in [1.29, 1.82) is 0 Å². The molecule has 5 aromatic rings.